The van der Waals surface area contributed by atoms with Gasteiger partial charge in [0, 0.05) is 37.0 Å². The Morgan fingerprint density at radius 3 is 2.55 bits per heavy atom. The highest BCUT2D eigenvalue weighted by molar-refractivity contribution is 5.96. The van der Waals surface area contributed by atoms with Gasteiger partial charge in [-0.2, -0.15) is 0 Å². The van der Waals surface area contributed by atoms with Crippen LogP contribution in [-0.2, 0) is 0 Å². The second kappa shape index (κ2) is 7.34. The first-order chi connectivity index (χ1) is 15.6. The predicted molar refractivity (Wildman–Crippen MR) is 118 cm³/mol. The Bertz CT molecular complexity index is 1380. The molecule has 1 aromatic heterocycles. The highest BCUT2D eigenvalue weighted by Gasteiger charge is 2.48. The lowest BCUT2D eigenvalue weighted by Gasteiger charge is -2.39. The highest BCUT2D eigenvalue weighted by atomic mass is 19.1. The van der Waals surface area contributed by atoms with E-state index in [1.165, 1.54) is 4.57 Å². The Hall–Kier alpha value is -3.33. The van der Waals surface area contributed by atoms with E-state index in [1.807, 2.05) is 4.90 Å². The van der Waals surface area contributed by atoms with Gasteiger partial charge >= 0.3 is 5.97 Å². The van der Waals surface area contributed by atoms with Crippen LogP contribution in [0.4, 0.5) is 18.9 Å². The van der Waals surface area contributed by atoms with Crippen molar-refractivity contribution in [1.82, 2.24) is 4.57 Å². The maximum absolute atomic E-state index is 15.4. The first-order valence-electron chi connectivity index (χ1n) is 10.7. The van der Waals surface area contributed by atoms with Crippen molar-refractivity contribution in [3.63, 3.8) is 0 Å². The third-order valence-electron chi connectivity index (χ3n) is 6.80. The number of nitrogens with two attached hydrogens (primary N) is 1. The number of carbonyl (C=O) groups is 1. The monoisotopic (exact) mass is 457 g/mol. The number of pyridine rings is 1. The molecule has 33 heavy (non-hydrogen) atoms. The number of fused-ring (bicyclic) bond motifs is 1. The number of aryl methyl sites for hydroxylation is 1. The minimum atomic E-state index is -1.53. The lowest BCUT2D eigenvalue weighted by atomic mass is 9.90. The van der Waals surface area contributed by atoms with E-state index in [-0.39, 0.29) is 33.7 Å². The molecule has 5 rings (SSSR count). The number of rotatable bonds is 3. The normalized spacial score (nSPS) is 19.3. The van der Waals surface area contributed by atoms with E-state index >= 15 is 4.39 Å². The number of carboxylic acids is 1. The van der Waals surface area contributed by atoms with Gasteiger partial charge in [0.05, 0.1) is 22.3 Å². The molecule has 1 atom stereocenters. The van der Waals surface area contributed by atoms with Crippen LogP contribution in [0.1, 0.15) is 35.2 Å². The Morgan fingerprint density at radius 1 is 1.18 bits per heavy atom. The Morgan fingerprint density at radius 2 is 1.91 bits per heavy atom. The molecule has 2 fully saturated rings. The van der Waals surface area contributed by atoms with Crippen LogP contribution in [0.2, 0.25) is 0 Å². The smallest absolute Gasteiger partial charge is 0.341 e. The number of anilines is 1. The number of aromatic carboxylic acids is 1. The molecule has 1 saturated heterocycles. The molecule has 1 saturated carbocycles. The molecular weight excluding hydrogens is 435 g/mol. The largest absolute Gasteiger partial charge is 0.477 e. The van der Waals surface area contributed by atoms with E-state index in [4.69, 9.17) is 5.73 Å². The van der Waals surface area contributed by atoms with Crippen molar-refractivity contribution < 1.29 is 23.1 Å². The molecule has 2 aromatic carbocycles. The summed E-state index contributed by atoms with van der Waals surface area (Å²) in [7, 11) is 0. The molecule has 0 amide bonds. The van der Waals surface area contributed by atoms with Crippen molar-refractivity contribution in [3.05, 3.63) is 69.3 Å². The number of aromatic nitrogens is 1. The van der Waals surface area contributed by atoms with Crippen molar-refractivity contribution in [2.24, 2.45) is 11.1 Å². The van der Waals surface area contributed by atoms with Crippen LogP contribution in [-0.4, -0.2) is 34.8 Å². The zero-order valence-electron chi connectivity index (χ0n) is 17.9. The van der Waals surface area contributed by atoms with E-state index in [0.717, 1.165) is 43.7 Å². The standard InChI is InChI=1S/C24H22F3N3O3/c1-12-20-15(7-18(27)21(12)29-9-14(28)8-24(11-29)4-5-24)22(31)16(23(32)33)10-30(20)19-3-2-13(25)6-17(19)26/h2-3,6-7,10,14H,4-5,8-9,11,28H2,1H3,(H,32,33). The van der Waals surface area contributed by atoms with E-state index in [2.05, 4.69) is 0 Å². The zero-order valence-corrected chi connectivity index (χ0v) is 17.9. The van der Waals surface area contributed by atoms with Crippen molar-refractivity contribution in [2.45, 2.75) is 32.2 Å². The Kier molecular flexibility index (Phi) is 4.79. The number of carboxylic acid groups (broad SMARTS) is 1. The van der Waals surface area contributed by atoms with Crippen LogP contribution < -0.4 is 16.1 Å². The summed E-state index contributed by atoms with van der Waals surface area (Å²) < 4.78 is 44.9. The topological polar surface area (TPSA) is 88.6 Å². The molecule has 9 heteroatoms. The first kappa shape index (κ1) is 21.5. The van der Waals surface area contributed by atoms with E-state index in [0.29, 0.717) is 24.7 Å². The van der Waals surface area contributed by atoms with Gasteiger partial charge in [0.15, 0.2) is 0 Å². The van der Waals surface area contributed by atoms with E-state index < -0.39 is 34.4 Å². The number of nitrogens with zero attached hydrogens (tertiary/aromatic N) is 2. The molecule has 2 aliphatic rings. The summed E-state index contributed by atoms with van der Waals surface area (Å²) >= 11 is 0. The summed E-state index contributed by atoms with van der Waals surface area (Å²) in [6, 6.07) is 3.72. The average Bonchev–Trinajstić information content (AvgIpc) is 3.46. The number of piperidine rings is 1. The zero-order chi connectivity index (χ0) is 23.7. The molecule has 2 heterocycles. The average molecular weight is 457 g/mol. The second-order valence-corrected chi connectivity index (χ2v) is 9.22. The van der Waals surface area contributed by atoms with Crippen LogP contribution >= 0.6 is 0 Å². The van der Waals surface area contributed by atoms with Gasteiger partial charge in [-0.05, 0) is 49.8 Å². The highest BCUT2D eigenvalue weighted by Crippen LogP contribution is 2.53. The van der Waals surface area contributed by atoms with Gasteiger partial charge in [-0.1, -0.05) is 0 Å². The summed E-state index contributed by atoms with van der Waals surface area (Å²) in [5.74, 6) is -3.95. The predicted octanol–water partition coefficient (Wildman–Crippen LogP) is 3.73. The molecule has 0 bridgehead atoms. The second-order valence-electron chi connectivity index (χ2n) is 9.22. The Labute approximate surface area is 187 Å². The fourth-order valence-corrected chi connectivity index (χ4v) is 5.19. The Balaban J connectivity index is 1.82. The number of hydrogen-bond acceptors (Lipinski definition) is 4. The maximum atomic E-state index is 15.4. The SMILES string of the molecule is Cc1c(N2CC(N)CC3(CC3)C2)c(F)cc2c(=O)c(C(=O)O)cn(-c3ccc(F)cc3F)c12. The van der Waals surface area contributed by atoms with Crippen LogP contribution in [0.25, 0.3) is 16.6 Å². The molecular formula is C24H22F3N3O3. The van der Waals surface area contributed by atoms with E-state index in [9.17, 15) is 23.5 Å². The van der Waals surface area contributed by atoms with Gasteiger partial charge < -0.3 is 20.3 Å². The van der Waals surface area contributed by atoms with Gasteiger partial charge in [0.25, 0.3) is 0 Å². The summed E-state index contributed by atoms with van der Waals surface area (Å²) in [6.45, 7) is 2.65. The lowest BCUT2D eigenvalue weighted by molar-refractivity contribution is 0.0695. The molecule has 3 N–H and O–H groups in total. The molecule has 1 aliphatic carbocycles. The van der Waals surface area contributed by atoms with Gasteiger partial charge in [-0.15, -0.1) is 0 Å². The first-order valence-corrected chi connectivity index (χ1v) is 10.7. The van der Waals surface area contributed by atoms with Crippen molar-refractivity contribution in [3.8, 4) is 5.69 Å². The van der Waals surface area contributed by atoms with Gasteiger partial charge in [0.2, 0.25) is 5.43 Å². The van der Waals surface area contributed by atoms with Crippen LogP contribution in [0.5, 0.6) is 0 Å². The number of hydrogen-bond donors (Lipinski definition) is 2. The lowest BCUT2D eigenvalue weighted by Crippen LogP contribution is -2.48. The van der Waals surface area contributed by atoms with Crippen LogP contribution in [0, 0.1) is 29.8 Å². The van der Waals surface area contributed by atoms with Gasteiger partial charge in [-0.3, -0.25) is 4.79 Å². The molecule has 1 unspecified atom stereocenters. The van der Waals surface area contributed by atoms with Crippen molar-refractivity contribution in [1.29, 1.82) is 0 Å². The van der Waals surface area contributed by atoms with Crippen LogP contribution in [0.15, 0.2) is 35.3 Å². The van der Waals surface area contributed by atoms with Gasteiger partial charge in [-0.25, -0.2) is 18.0 Å². The van der Waals surface area contributed by atoms with Crippen molar-refractivity contribution >= 4 is 22.6 Å². The summed E-state index contributed by atoms with van der Waals surface area (Å²) in [4.78, 5) is 26.5. The molecule has 172 valence electrons. The quantitative estimate of drug-likeness (QED) is 0.626. The molecule has 6 nitrogen and oxygen atoms in total. The summed E-state index contributed by atoms with van der Waals surface area (Å²) in [5, 5.41) is 9.32. The minimum Gasteiger partial charge on any atom is -0.477 e. The van der Waals surface area contributed by atoms with Crippen LogP contribution in [0.3, 0.4) is 0 Å². The molecule has 0 radical (unpaired) electrons. The minimum absolute atomic E-state index is 0.0569. The molecule has 3 aromatic rings. The number of benzene rings is 2. The molecule has 1 aliphatic heterocycles. The maximum Gasteiger partial charge on any atom is 0.341 e. The molecule has 1 spiro atoms. The summed E-state index contributed by atoms with van der Waals surface area (Å²) in [6.07, 6.45) is 3.89. The summed E-state index contributed by atoms with van der Waals surface area (Å²) in [5.41, 5.74) is 5.41. The van der Waals surface area contributed by atoms with E-state index in [1.54, 1.807) is 6.92 Å². The third kappa shape index (κ3) is 3.47. The van der Waals surface area contributed by atoms with Gasteiger partial charge in [0.1, 0.15) is 23.0 Å². The van der Waals surface area contributed by atoms with Crippen molar-refractivity contribution in [2.75, 3.05) is 18.0 Å². The number of halogens is 3. The third-order valence-corrected chi connectivity index (χ3v) is 6.80. The fourth-order valence-electron chi connectivity index (χ4n) is 5.19. The fraction of sp³-hybridized carbons (Fsp3) is 0.333.